The Balaban J connectivity index is 1.95. The first kappa shape index (κ1) is 23.8. The standard InChI is InChI=1S/C22H26N2O7S/c1-23(2)17-15(12-32-18(21(27)30-4)16(17)20(26)29-3)19(25)24-14(11-31-22(24)28)10-13-8-6-5-7-9-13/h5-9,14-15,17H,10-12H2,1-4H3/t14-,15+,17-/m0/s1. The molecule has 2 aliphatic rings. The average Bonchev–Trinajstić information content (AvgIpc) is 3.16. The van der Waals surface area contributed by atoms with Crippen molar-refractivity contribution in [1.29, 1.82) is 0 Å². The van der Waals surface area contributed by atoms with Crippen LogP contribution in [0.4, 0.5) is 4.79 Å². The third-order valence-corrected chi connectivity index (χ3v) is 6.69. The monoisotopic (exact) mass is 462 g/mol. The lowest BCUT2D eigenvalue weighted by Gasteiger charge is -2.38. The number of imide groups is 1. The maximum atomic E-state index is 13.6. The number of cyclic esters (lactones) is 1. The molecule has 1 saturated heterocycles. The van der Waals surface area contributed by atoms with Gasteiger partial charge in [-0.25, -0.2) is 19.3 Å². The lowest BCUT2D eigenvalue weighted by molar-refractivity contribution is -0.140. The van der Waals surface area contributed by atoms with Crippen LogP contribution in [0.15, 0.2) is 40.8 Å². The largest absolute Gasteiger partial charge is 0.466 e. The SMILES string of the molecule is COC(=O)C1=C(C(=O)OC)[C@@H](N(C)C)[C@H](C(=O)N2C(=O)OC[C@@H]2Cc2ccccc2)CS1. The van der Waals surface area contributed by atoms with Crippen molar-refractivity contribution in [3.63, 3.8) is 0 Å². The van der Waals surface area contributed by atoms with Crippen molar-refractivity contribution in [2.24, 2.45) is 5.92 Å². The summed E-state index contributed by atoms with van der Waals surface area (Å²) in [5.41, 5.74) is 1.02. The molecule has 1 aromatic carbocycles. The second-order valence-electron chi connectivity index (χ2n) is 7.68. The van der Waals surface area contributed by atoms with Gasteiger partial charge in [-0.3, -0.25) is 4.79 Å². The van der Waals surface area contributed by atoms with Gasteiger partial charge in [0.15, 0.2) is 0 Å². The molecule has 1 fully saturated rings. The van der Waals surface area contributed by atoms with Gasteiger partial charge in [0, 0.05) is 5.75 Å². The highest BCUT2D eigenvalue weighted by atomic mass is 32.2. The molecule has 2 aliphatic heterocycles. The molecule has 0 bridgehead atoms. The van der Waals surface area contributed by atoms with Crippen LogP contribution in [0.3, 0.4) is 0 Å². The van der Waals surface area contributed by atoms with E-state index in [2.05, 4.69) is 0 Å². The highest BCUT2D eigenvalue weighted by molar-refractivity contribution is 8.04. The van der Waals surface area contributed by atoms with Crippen LogP contribution in [0.1, 0.15) is 5.56 Å². The molecular formula is C22H26N2O7S. The fraction of sp³-hybridized carbons (Fsp3) is 0.455. The smallest absolute Gasteiger partial charge is 0.416 e. The van der Waals surface area contributed by atoms with Gasteiger partial charge in [-0.05, 0) is 26.1 Å². The molecule has 0 aliphatic carbocycles. The molecule has 2 heterocycles. The fourth-order valence-corrected chi connectivity index (χ4v) is 5.26. The Labute approximate surface area is 190 Å². The normalized spacial score (nSPS) is 23.2. The molecule has 1 aromatic rings. The van der Waals surface area contributed by atoms with Gasteiger partial charge in [0.1, 0.15) is 11.5 Å². The van der Waals surface area contributed by atoms with Gasteiger partial charge in [-0.1, -0.05) is 30.3 Å². The third kappa shape index (κ3) is 4.66. The first-order chi connectivity index (χ1) is 15.3. The highest BCUT2D eigenvalue weighted by Gasteiger charge is 2.48. The van der Waals surface area contributed by atoms with Crippen LogP contribution >= 0.6 is 11.8 Å². The Morgan fingerprint density at radius 3 is 2.38 bits per heavy atom. The van der Waals surface area contributed by atoms with Crippen molar-refractivity contribution in [1.82, 2.24) is 9.80 Å². The number of ether oxygens (including phenoxy) is 3. The number of amides is 2. The van der Waals surface area contributed by atoms with E-state index in [4.69, 9.17) is 14.2 Å². The predicted molar refractivity (Wildman–Crippen MR) is 117 cm³/mol. The number of rotatable bonds is 6. The number of likely N-dealkylation sites (N-methyl/N-ethyl adjacent to an activating group) is 1. The summed E-state index contributed by atoms with van der Waals surface area (Å²) in [6.07, 6.45) is -0.251. The van der Waals surface area contributed by atoms with Crippen molar-refractivity contribution in [2.45, 2.75) is 18.5 Å². The third-order valence-electron chi connectivity index (χ3n) is 5.49. The number of carbonyl (C=O) groups excluding carboxylic acids is 4. The number of hydrogen-bond acceptors (Lipinski definition) is 9. The van der Waals surface area contributed by atoms with E-state index >= 15 is 0 Å². The lowest BCUT2D eigenvalue weighted by Crippen LogP contribution is -2.53. The molecule has 2 amide bonds. The number of carbonyl (C=O) groups is 4. The Morgan fingerprint density at radius 2 is 1.78 bits per heavy atom. The molecule has 3 atom stereocenters. The van der Waals surface area contributed by atoms with Gasteiger partial charge in [0.05, 0.1) is 37.8 Å². The van der Waals surface area contributed by atoms with Crippen LogP contribution in [0, 0.1) is 5.92 Å². The van der Waals surface area contributed by atoms with Gasteiger partial charge in [-0.15, -0.1) is 11.8 Å². The molecular weight excluding hydrogens is 436 g/mol. The number of hydrogen-bond donors (Lipinski definition) is 0. The Morgan fingerprint density at radius 1 is 1.12 bits per heavy atom. The van der Waals surface area contributed by atoms with E-state index in [1.54, 1.807) is 19.0 Å². The second kappa shape index (κ2) is 10.2. The maximum Gasteiger partial charge on any atom is 0.416 e. The molecule has 0 N–H and O–H groups in total. The van der Waals surface area contributed by atoms with Crippen LogP contribution in [0.25, 0.3) is 0 Å². The van der Waals surface area contributed by atoms with E-state index in [0.29, 0.717) is 6.42 Å². The minimum Gasteiger partial charge on any atom is -0.466 e. The van der Waals surface area contributed by atoms with Crippen molar-refractivity contribution in [3.8, 4) is 0 Å². The maximum absolute atomic E-state index is 13.6. The quantitative estimate of drug-likeness (QED) is 0.459. The van der Waals surface area contributed by atoms with Crippen LogP contribution in [-0.4, -0.2) is 86.5 Å². The zero-order valence-electron chi connectivity index (χ0n) is 18.4. The predicted octanol–water partition coefficient (Wildman–Crippen LogP) is 1.47. The molecule has 0 saturated carbocycles. The Bertz CT molecular complexity index is 931. The Kier molecular flexibility index (Phi) is 7.57. The first-order valence-corrected chi connectivity index (χ1v) is 11.0. The van der Waals surface area contributed by atoms with Gasteiger partial charge >= 0.3 is 18.0 Å². The van der Waals surface area contributed by atoms with Crippen molar-refractivity contribution in [2.75, 3.05) is 40.7 Å². The molecule has 10 heteroatoms. The van der Waals surface area contributed by atoms with E-state index in [0.717, 1.165) is 22.2 Å². The Hall–Kier alpha value is -2.85. The zero-order valence-corrected chi connectivity index (χ0v) is 19.2. The number of thioether (sulfide) groups is 1. The summed E-state index contributed by atoms with van der Waals surface area (Å²) in [4.78, 5) is 54.0. The van der Waals surface area contributed by atoms with Gasteiger partial charge in [0.25, 0.3) is 0 Å². The van der Waals surface area contributed by atoms with Gasteiger partial charge < -0.3 is 19.1 Å². The van der Waals surface area contributed by atoms with Crippen LogP contribution < -0.4 is 0 Å². The van der Waals surface area contributed by atoms with Crippen LogP contribution in [0.5, 0.6) is 0 Å². The summed E-state index contributed by atoms with van der Waals surface area (Å²) in [5.74, 6) is -2.44. The molecule has 0 unspecified atom stereocenters. The minimum atomic E-state index is -0.781. The first-order valence-electron chi connectivity index (χ1n) is 10.0. The van der Waals surface area contributed by atoms with Crippen molar-refractivity contribution < 1.29 is 33.4 Å². The van der Waals surface area contributed by atoms with Crippen molar-refractivity contribution in [3.05, 3.63) is 46.4 Å². The summed E-state index contributed by atoms with van der Waals surface area (Å²) >= 11 is 1.05. The average molecular weight is 463 g/mol. The van der Waals surface area contributed by atoms with E-state index in [1.807, 2.05) is 30.3 Å². The number of nitrogens with zero attached hydrogens (tertiary/aromatic N) is 2. The van der Waals surface area contributed by atoms with Gasteiger partial charge in [-0.2, -0.15) is 0 Å². The van der Waals surface area contributed by atoms with E-state index < -0.39 is 41.9 Å². The minimum absolute atomic E-state index is 0.0473. The van der Waals surface area contributed by atoms with Crippen molar-refractivity contribution >= 4 is 35.7 Å². The molecule has 9 nitrogen and oxygen atoms in total. The number of benzene rings is 1. The fourth-order valence-electron chi connectivity index (χ4n) is 4.03. The molecule has 0 radical (unpaired) electrons. The highest BCUT2D eigenvalue weighted by Crippen LogP contribution is 2.38. The van der Waals surface area contributed by atoms with E-state index in [-0.39, 0.29) is 22.8 Å². The summed E-state index contributed by atoms with van der Waals surface area (Å²) in [6.45, 7) is 0.0963. The zero-order chi connectivity index (χ0) is 23.4. The molecule has 32 heavy (non-hydrogen) atoms. The lowest BCUT2D eigenvalue weighted by atomic mass is 9.90. The second-order valence-corrected chi connectivity index (χ2v) is 8.71. The van der Waals surface area contributed by atoms with Crippen LogP contribution in [-0.2, 0) is 35.0 Å². The summed E-state index contributed by atoms with van der Waals surface area (Å²) < 4.78 is 14.9. The topological polar surface area (TPSA) is 102 Å². The summed E-state index contributed by atoms with van der Waals surface area (Å²) in [7, 11) is 5.83. The molecule has 0 aromatic heterocycles. The molecule has 172 valence electrons. The van der Waals surface area contributed by atoms with E-state index in [9.17, 15) is 19.2 Å². The number of esters is 2. The summed E-state index contributed by atoms with van der Waals surface area (Å²) in [5, 5.41) is 0. The molecule has 3 rings (SSSR count). The van der Waals surface area contributed by atoms with Crippen LogP contribution in [0.2, 0.25) is 0 Å². The van der Waals surface area contributed by atoms with E-state index in [1.165, 1.54) is 14.2 Å². The summed E-state index contributed by atoms with van der Waals surface area (Å²) in [6, 6.07) is 8.27. The number of methoxy groups -OCH3 is 2. The van der Waals surface area contributed by atoms with Gasteiger partial charge in [0.2, 0.25) is 5.91 Å². The molecule has 0 spiro atoms.